The van der Waals surface area contributed by atoms with Crippen molar-refractivity contribution in [3.63, 3.8) is 0 Å². The predicted molar refractivity (Wildman–Crippen MR) is 126 cm³/mol. The summed E-state index contributed by atoms with van der Waals surface area (Å²) in [6.45, 7) is 2.23. The highest BCUT2D eigenvalue weighted by Gasteiger charge is 2.46. The largest absolute Gasteiger partial charge is 0.501 e. The Morgan fingerprint density at radius 3 is 2.37 bits per heavy atom. The zero-order valence-electron chi connectivity index (χ0n) is 18.2. The van der Waals surface area contributed by atoms with Gasteiger partial charge in [0, 0.05) is 42.1 Å². The van der Waals surface area contributed by atoms with Gasteiger partial charge in [0.05, 0.1) is 23.4 Å². The minimum absolute atomic E-state index is 0.298. The lowest BCUT2D eigenvalue weighted by atomic mass is 10.2. The number of hydrogen-bond acceptors (Lipinski definition) is 6. The molecule has 1 fully saturated rings. The molecule has 35 heavy (non-hydrogen) atoms. The molecule has 7 nitrogen and oxygen atoms in total. The van der Waals surface area contributed by atoms with E-state index in [0.29, 0.717) is 48.3 Å². The fourth-order valence-corrected chi connectivity index (χ4v) is 4.55. The second-order valence-electron chi connectivity index (χ2n) is 7.89. The average molecular weight is 525 g/mol. The number of nitrogens with one attached hydrogen (secondary N) is 1. The Hall–Kier alpha value is -3.15. The Labute approximate surface area is 205 Å². The van der Waals surface area contributed by atoms with Crippen LogP contribution >= 0.6 is 11.6 Å². The van der Waals surface area contributed by atoms with Gasteiger partial charge in [0.15, 0.2) is 0 Å². The number of amides is 1. The molecule has 2 aromatic carbocycles. The van der Waals surface area contributed by atoms with E-state index >= 15 is 0 Å². The molecule has 1 N–H and O–H groups in total. The maximum absolute atomic E-state index is 12.8. The molecule has 0 saturated carbocycles. The molecule has 12 heteroatoms. The average Bonchev–Trinajstić information content (AvgIpc) is 3.28. The van der Waals surface area contributed by atoms with Gasteiger partial charge in [-0.15, -0.1) is 0 Å². The second-order valence-corrected chi connectivity index (χ2v) is 10.3. The number of alkyl halides is 3. The van der Waals surface area contributed by atoms with Crippen molar-refractivity contribution in [1.29, 1.82) is 0 Å². The van der Waals surface area contributed by atoms with Gasteiger partial charge < -0.3 is 10.2 Å². The normalized spacial score (nSPS) is 14.8. The molecule has 0 spiro atoms. The lowest BCUT2D eigenvalue weighted by Crippen LogP contribution is -2.26. The minimum atomic E-state index is -5.38. The van der Waals surface area contributed by atoms with Crippen LogP contribution < -0.4 is 10.2 Å². The van der Waals surface area contributed by atoms with E-state index in [9.17, 15) is 26.4 Å². The summed E-state index contributed by atoms with van der Waals surface area (Å²) in [5.74, 6) is -0.298. The van der Waals surface area contributed by atoms with Crippen molar-refractivity contribution in [2.24, 2.45) is 0 Å². The Morgan fingerprint density at radius 2 is 1.71 bits per heavy atom. The molecule has 0 atom stereocenters. The van der Waals surface area contributed by atoms with Crippen LogP contribution in [0.3, 0.4) is 0 Å². The quantitative estimate of drug-likeness (QED) is 0.509. The standard InChI is InChI=1S/C23H20ClF3N4O3S/c24-18-3-1-16(2-4-18)22(32)29-21-13-28-10-9-17(21)14-30-11-12-31(15-30)19-5-7-20(8-6-19)35(33,34)23(25,26)27/h1-10,13H,11-12,14-15H2,(H,29,32). The molecule has 3 aromatic rings. The summed E-state index contributed by atoms with van der Waals surface area (Å²) in [6, 6.07) is 13.0. The first-order valence-corrected chi connectivity index (χ1v) is 12.3. The highest BCUT2D eigenvalue weighted by atomic mass is 35.5. The van der Waals surface area contributed by atoms with Gasteiger partial charge in [0.25, 0.3) is 15.7 Å². The maximum Gasteiger partial charge on any atom is 0.501 e. The van der Waals surface area contributed by atoms with E-state index in [1.807, 2.05) is 4.90 Å². The number of anilines is 2. The fourth-order valence-electron chi connectivity index (χ4n) is 3.66. The van der Waals surface area contributed by atoms with Crippen molar-refractivity contribution < 1.29 is 26.4 Å². The van der Waals surface area contributed by atoms with Crippen molar-refractivity contribution >= 4 is 38.7 Å². The molecule has 2 heterocycles. The number of halogens is 4. The van der Waals surface area contributed by atoms with Gasteiger partial charge in [0.2, 0.25) is 0 Å². The van der Waals surface area contributed by atoms with Gasteiger partial charge in [-0.3, -0.25) is 14.7 Å². The zero-order chi connectivity index (χ0) is 25.2. The van der Waals surface area contributed by atoms with Crippen LogP contribution in [-0.2, 0) is 16.4 Å². The highest BCUT2D eigenvalue weighted by molar-refractivity contribution is 7.92. The molecule has 1 amide bonds. The Balaban J connectivity index is 1.42. The fraction of sp³-hybridized carbons (Fsp3) is 0.217. The first-order valence-electron chi connectivity index (χ1n) is 10.4. The summed E-state index contributed by atoms with van der Waals surface area (Å²) in [7, 11) is -5.38. The summed E-state index contributed by atoms with van der Waals surface area (Å²) < 4.78 is 61.4. The molecule has 0 bridgehead atoms. The minimum Gasteiger partial charge on any atom is -0.357 e. The summed E-state index contributed by atoms with van der Waals surface area (Å²) in [6.07, 6.45) is 3.19. The lowest BCUT2D eigenvalue weighted by molar-refractivity contribution is -0.0436. The van der Waals surface area contributed by atoms with Gasteiger partial charge in [-0.25, -0.2) is 8.42 Å². The Kier molecular flexibility index (Phi) is 7.02. The number of aromatic nitrogens is 1. The molecule has 1 aliphatic rings. The molecule has 4 rings (SSSR count). The number of nitrogens with zero attached hydrogens (tertiary/aromatic N) is 3. The SMILES string of the molecule is O=C(Nc1cnccc1CN1CCN(c2ccc(S(=O)(=O)C(F)(F)F)cc2)C1)c1ccc(Cl)cc1. The van der Waals surface area contributed by atoms with Gasteiger partial charge in [-0.05, 0) is 60.2 Å². The third kappa shape index (κ3) is 5.58. The summed E-state index contributed by atoms with van der Waals surface area (Å²) in [5, 5.41) is 3.39. The van der Waals surface area contributed by atoms with Crippen molar-refractivity contribution in [1.82, 2.24) is 9.88 Å². The smallest absolute Gasteiger partial charge is 0.357 e. The van der Waals surface area contributed by atoms with Crippen molar-refractivity contribution in [2.75, 3.05) is 30.0 Å². The van der Waals surface area contributed by atoms with Crippen LogP contribution in [0.1, 0.15) is 15.9 Å². The van der Waals surface area contributed by atoms with Crippen molar-refractivity contribution in [3.05, 3.63) is 83.1 Å². The molecule has 184 valence electrons. The van der Waals surface area contributed by atoms with Crippen LogP contribution in [0, 0.1) is 0 Å². The van der Waals surface area contributed by atoms with E-state index in [1.54, 1.807) is 42.7 Å². The Morgan fingerprint density at radius 1 is 1.03 bits per heavy atom. The number of hydrogen-bond donors (Lipinski definition) is 1. The van der Waals surface area contributed by atoms with Gasteiger partial charge in [0.1, 0.15) is 0 Å². The van der Waals surface area contributed by atoms with E-state index in [2.05, 4.69) is 15.2 Å². The number of rotatable bonds is 6. The number of sulfone groups is 1. The summed E-state index contributed by atoms with van der Waals surface area (Å²) in [5.41, 5.74) is -2.87. The molecule has 0 aliphatic carbocycles. The number of benzene rings is 2. The highest BCUT2D eigenvalue weighted by Crippen LogP contribution is 2.31. The third-order valence-electron chi connectivity index (χ3n) is 5.53. The van der Waals surface area contributed by atoms with Crippen LogP contribution in [0.15, 0.2) is 71.9 Å². The lowest BCUT2D eigenvalue weighted by Gasteiger charge is -2.21. The molecule has 1 saturated heterocycles. The van der Waals surface area contributed by atoms with E-state index in [0.717, 1.165) is 17.7 Å². The maximum atomic E-state index is 12.8. The van der Waals surface area contributed by atoms with E-state index < -0.39 is 20.2 Å². The zero-order valence-corrected chi connectivity index (χ0v) is 19.7. The van der Waals surface area contributed by atoms with Crippen LogP contribution in [0.25, 0.3) is 0 Å². The van der Waals surface area contributed by atoms with E-state index in [-0.39, 0.29) is 5.91 Å². The van der Waals surface area contributed by atoms with E-state index in [4.69, 9.17) is 11.6 Å². The van der Waals surface area contributed by atoms with Gasteiger partial charge in [-0.2, -0.15) is 13.2 Å². The van der Waals surface area contributed by atoms with Crippen LogP contribution in [0.5, 0.6) is 0 Å². The third-order valence-corrected chi connectivity index (χ3v) is 7.29. The number of pyridine rings is 1. The van der Waals surface area contributed by atoms with Crippen LogP contribution in [-0.4, -0.2) is 49.5 Å². The van der Waals surface area contributed by atoms with Gasteiger partial charge in [-0.1, -0.05) is 11.6 Å². The van der Waals surface area contributed by atoms with Gasteiger partial charge >= 0.3 is 5.51 Å². The first kappa shape index (κ1) is 25.0. The number of carbonyl (C=O) groups is 1. The summed E-state index contributed by atoms with van der Waals surface area (Å²) in [4.78, 5) is 19.9. The van der Waals surface area contributed by atoms with Crippen LogP contribution in [0.4, 0.5) is 24.5 Å². The molecular formula is C23H20ClF3N4O3S. The molecule has 0 unspecified atom stereocenters. The topological polar surface area (TPSA) is 82.6 Å². The Bertz CT molecular complexity index is 1320. The predicted octanol–water partition coefficient (Wildman–Crippen LogP) is 4.56. The van der Waals surface area contributed by atoms with Crippen molar-refractivity contribution in [2.45, 2.75) is 16.9 Å². The number of carbonyl (C=O) groups excluding carboxylic acids is 1. The molecule has 0 radical (unpaired) electrons. The monoisotopic (exact) mass is 524 g/mol. The molecular weight excluding hydrogens is 505 g/mol. The second kappa shape index (κ2) is 9.84. The first-order chi connectivity index (χ1) is 16.5. The summed E-state index contributed by atoms with van der Waals surface area (Å²) >= 11 is 5.88. The molecule has 1 aromatic heterocycles. The van der Waals surface area contributed by atoms with Crippen LogP contribution in [0.2, 0.25) is 5.02 Å². The van der Waals surface area contributed by atoms with E-state index in [1.165, 1.54) is 12.1 Å². The molecule has 1 aliphatic heterocycles. The van der Waals surface area contributed by atoms with Crippen molar-refractivity contribution in [3.8, 4) is 0 Å².